The Balaban J connectivity index is 1.83. The molecular weight excluding hydrogens is 303 g/mol. The Kier molecular flexibility index (Phi) is 2.86. The molecule has 3 heterocycles. The predicted molar refractivity (Wildman–Crippen MR) is 67.8 cm³/mol. The van der Waals surface area contributed by atoms with Gasteiger partial charge >= 0.3 is 0 Å². The van der Waals surface area contributed by atoms with Gasteiger partial charge in [0.15, 0.2) is 17.4 Å². The lowest BCUT2D eigenvalue weighted by Gasteiger charge is -2.55. The van der Waals surface area contributed by atoms with Gasteiger partial charge in [-0.1, -0.05) is 15.9 Å². The quantitative estimate of drug-likeness (QED) is 0.628. The lowest BCUT2D eigenvalue weighted by molar-refractivity contribution is -0.127. The number of pyridine rings is 1. The number of nitrogens with zero attached hydrogens (tertiary/aromatic N) is 2. The zero-order valence-electron chi connectivity index (χ0n) is 9.66. The summed E-state index contributed by atoms with van der Waals surface area (Å²) < 4.78 is 19.4. The largest absolute Gasteiger partial charge is 0.380 e. The van der Waals surface area contributed by atoms with Crippen molar-refractivity contribution in [2.75, 3.05) is 36.5 Å². The number of ketones is 1. The van der Waals surface area contributed by atoms with Crippen molar-refractivity contribution < 1.29 is 13.9 Å². The van der Waals surface area contributed by atoms with Crippen LogP contribution in [0.5, 0.6) is 0 Å². The van der Waals surface area contributed by atoms with E-state index in [1.54, 1.807) is 0 Å². The molecule has 0 radical (unpaired) electrons. The summed E-state index contributed by atoms with van der Waals surface area (Å²) in [5.41, 5.74) is 0.298. The minimum Gasteiger partial charge on any atom is -0.380 e. The van der Waals surface area contributed by atoms with Crippen LogP contribution in [0.4, 0.5) is 10.2 Å². The van der Waals surface area contributed by atoms with Gasteiger partial charge in [-0.05, 0) is 6.07 Å². The molecule has 0 aliphatic carbocycles. The molecule has 0 amide bonds. The summed E-state index contributed by atoms with van der Waals surface area (Å²) in [7, 11) is 0. The van der Waals surface area contributed by atoms with Crippen molar-refractivity contribution >= 4 is 27.5 Å². The molecule has 0 saturated carbocycles. The summed E-state index contributed by atoms with van der Waals surface area (Å²) in [4.78, 5) is 17.5. The van der Waals surface area contributed by atoms with Gasteiger partial charge in [-0.3, -0.25) is 4.79 Å². The number of ether oxygens (including phenoxy) is 1. The minimum absolute atomic E-state index is 0.0997. The van der Waals surface area contributed by atoms with E-state index in [1.165, 1.54) is 12.3 Å². The second-order valence-corrected chi connectivity index (χ2v) is 5.46. The lowest BCUT2D eigenvalue weighted by Crippen LogP contribution is -2.66. The fraction of sp³-hybridized carbons (Fsp3) is 0.500. The van der Waals surface area contributed by atoms with Gasteiger partial charge < -0.3 is 9.64 Å². The molecule has 0 N–H and O–H groups in total. The molecule has 6 heteroatoms. The van der Waals surface area contributed by atoms with E-state index in [2.05, 4.69) is 20.9 Å². The molecule has 1 aromatic rings. The summed E-state index contributed by atoms with van der Waals surface area (Å²) in [5, 5.41) is 0.116. The number of alkyl halides is 1. The van der Waals surface area contributed by atoms with Gasteiger partial charge in [0.25, 0.3) is 0 Å². The molecule has 96 valence electrons. The smallest absolute Gasteiger partial charge is 0.176 e. The second-order valence-electron chi connectivity index (χ2n) is 4.90. The maximum Gasteiger partial charge on any atom is 0.176 e. The number of Topliss-reactive ketones (excluding diaryl/α,β-unsaturated/α-hetero) is 1. The molecule has 0 bridgehead atoms. The molecule has 3 rings (SSSR count). The molecule has 1 spiro atoms. The summed E-state index contributed by atoms with van der Waals surface area (Å²) >= 11 is 3.05. The monoisotopic (exact) mass is 314 g/mol. The Hall–Kier alpha value is -1.01. The Morgan fingerprint density at radius 2 is 2.28 bits per heavy atom. The van der Waals surface area contributed by atoms with Gasteiger partial charge in [-0.25, -0.2) is 9.37 Å². The first-order chi connectivity index (χ1) is 8.65. The van der Waals surface area contributed by atoms with Crippen molar-refractivity contribution in [1.82, 2.24) is 4.98 Å². The van der Waals surface area contributed by atoms with Crippen molar-refractivity contribution in [3.05, 3.63) is 23.6 Å². The van der Waals surface area contributed by atoms with Crippen molar-refractivity contribution in [2.45, 2.75) is 0 Å². The van der Waals surface area contributed by atoms with Crippen LogP contribution in [0.3, 0.4) is 0 Å². The topological polar surface area (TPSA) is 42.4 Å². The number of anilines is 1. The van der Waals surface area contributed by atoms with Crippen LogP contribution in [0.15, 0.2) is 12.3 Å². The van der Waals surface area contributed by atoms with E-state index >= 15 is 0 Å². The molecule has 4 nitrogen and oxygen atoms in total. The maximum absolute atomic E-state index is 14.2. The van der Waals surface area contributed by atoms with E-state index < -0.39 is 5.82 Å². The molecule has 0 unspecified atom stereocenters. The summed E-state index contributed by atoms with van der Waals surface area (Å²) in [6, 6.07) is 1.42. The van der Waals surface area contributed by atoms with Crippen LogP contribution in [0.2, 0.25) is 0 Å². The molecule has 0 aromatic carbocycles. The van der Waals surface area contributed by atoms with E-state index in [0.29, 0.717) is 0 Å². The van der Waals surface area contributed by atoms with Crippen LogP contribution in [-0.2, 0) is 4.74 Å². The molecule has 0 atom stereocenters. The fourth-order valence-electron chi connectivity index (χ4n) is 2.43. The normalized spacial score (nSPS) is 20.4. The van der Waals surface area contributed by atoms with Crippen molar-refractivity contribution in [3.8, 4) is 0 Å². The Labute approximate surface area is 112 Å². The highest BCUT2D eigenvalue weighted by atomic mass is 79.9. The minimum atomic E-state index is -0.517. The molecule has 1 aromatic heterocycles. The summed E-state index contributed by atoms with van der Waals surface area (Å²) in [6.07, 6.45) is 1.48. The molecule has 2 saturated heterocycles. The summed E-state index contributed by atoms with van der Waals surface area (Å²) in [6.45, 7) is 2.99. The second kappa shape index (κ2) is 4.28. The first-order valence-electron chi connectivity index (χ1n) is 5.72. The first kappa shape index (κ1) is 12.0. The average molecular weight is 315 g/mol. The number of carbonyl (C=O) groups is 1. The Morgan fingerprint density at radius 3 is 2.83 bits per heavy atom. The van der Waals surface area contributed by atoms with Crippen LogP contribution in [0.25, 0.3) is 0 Å². The SMILES string of the molecule is O=C(CBr)c1ccnc(N2CC3(COC3)C2)c1F. The third-order valence-corrected chi connectivity index (χ3v) is 3.97. The molecular formula is C12H12BrFN2O2. The number of hydrogen-bond donors (Lipinski definition) is 0. The third kappa shape index (κ3) is 1.75. The maximum atomic E-state index is 14.2. The van der Waals surface area contributed by atoms with Crippen molar-refractivity contribution in [3.63, 3.8) is 0 Å². The van der Waals surface area contributed by atoms with Gasteiger partial charge in [-0.2, -0.15) is 0 Å². The zero-order chi connectivity index (χ0) is 12.8. The zero-order valence-corrected chi connectivity index (χ0v) is 11.2. The number of carbonyl (C=O) groups excluding carboxylic acids is 1. The van der Waals surface area contributed by atoms with Gasteiger partial charge in [0.05, 0.1) is 29.5 Å². The lowest BCUT2D eigenvalue weighted by atomic mass is 9.78. The average Bonchev–Trinajstić information content (AvgIpc) is 2.26. The van der Waals surface area contributed by atoms with Crippen LogP contribution >= 0.6 is 15.9 Å². The van der Waals surface area contributed by atoms with Gasteiger partial charge in [0.2, 0.25) is 0 Å². The number of aromatic nitrogens is 1. The van der Waals surface area contributed by atoms with Crippen LogP contribution < -0.4 is 4.90 Å². The van der Waals surface area contributed by atoms with Crippen LogP contribution in [0, 0.1) is 11.2 Å². The van der Waals surface area contributed by atoms with E-state index in [4.69, 9.17) is 4.74 Å². The standard InChI is InChI=1S/C12H12BrFN2O2/c13-3-9(17)8-1-2-15-11(10(8)14)16-4-12(5-16)6-18-7-12/h1-2H,3-7H2. The Morgan fingerprint density at radius 1 is 1.56 bits per heavy atom. The van der Waals surface area contributed by atoms with Crippen molar-refractivity contribution in [1.29, 1.82) is 0 Å². The first-order valence-corrected chi connectivity index (χ1v) is 6.84. The van der Waals surface area contributed by atoms with Crippen molar-refractivity contribution in [2.24, 2.45) is 5.41 Å². The third-order valence-electron chi connectivity index (χ3n) is 3.46. The number of hydrogen-bond acceptors (Lipinski definition) is 4. The highest BCUT2D eigenvalue weighted by Gasteiger charge is 2.50. The van der Waals surface area contributed by atoms with E-state index in [0.717, 1.165) is 26.3 Å². The number of rotatable bonds is 3. The molecule has 2 fully saturated rings. The molecule has 2 aliphatic heterocycles. The van der Waals surface area contributed by atoms with Gasteiger partial charge in [0, 0.05) is 19.3 Å². The number of halogens is 2. The summed E-state index contributed by atoms with van der Waals surface area (Å²) in [5.74, 6) is -0.505. The van der Waals surface area contributed by atoms with E-state index in [9.17, 15) is 9.18 Å². The molecule has 18 heavy (non-hydrogen) atoms. The van der Waals surface area contributed by atoms with Gasteiger partial charge in [-0.15, -0.1) is 0 Å². The van der Waals surface area contributed by atoms with E-state index in [-0.39, 0.29) is 27.9 Å². The van der Waals surface area contributed by atoms with Crippen LogP contribution in [-0.4, -0.2) is 42.4 Å². The van der Waals surface area contributed by atoms with Crippen LogP contribution in [0.1, 0.15) is 10.4 Å². The van der Waals surface area contributed by atoms with E-state index in [1.807, 2.05) is 4.90 Å². The molecule has 2 aliphatic rings. The van der Waals surface area contributed by atoms with Gasteiger partial charge in [0.1, 0.15) is 0 Å². The predicted octanol–water partition coefficient (Wildman–Crippen LogP) is 1.63. The highest BCUT2D eigenvalue weighted by Crippen LogP contribution is 2.40. The Bertz CT molecular complexity index is 497. The fourth-order valence-corrected chi connectivity index (χ4v) is 2.73. The highest BCUT2D eigenvalue weighted by molar-refractivity contribution is 9.09.